The molecule has 0 saturated heterocycles. The number of para-hydroxylation sites is 2. The van der Waals surface area contributed by atoms with Gasteiger partial charge >= 0.3 is 0 Å². The average Bonchev–Trinajstić information content (AvgIpc) is 3.74. The van der Waals surface area contributed by atoms with Crippen molar-refractivity contribution in [1.82, 2.24) is 30.0 Å². The van der Waals surface area contributed by atoms with Gasteiger partial charge < -0.3 is 40.5 Å². The van der Waals surface area contributed by atoms with Crippen molar-refractivity contribution in [3.63, 3.8) is 0 Å². The molecule has 0 aliphatic rings. The molecule has 0 bridgehead atoms. The van der Waals surface area contributed by atoms with E-state index in [4.69, 9.17) is 10.5 Å². The summed E-state index contributed by atoms with van der Waals surface area (Å²) < 4.78 is 5.22. The van der Waals surface area contributed by atoms with Crippen molar-refractivity contribution in [2.75, 3.05) is 78.4 Å². The van der Waals surface area contributed by atoms with Crippen molar-refractivity contribution in [1.29, 1.82) is 0 Å². The van der Waals surface area contributed by atoms with Crippen LogP contribution in [-0.4, -0.2) is 127 Å². The van der Waals surface area contributed by atoms with E-state index in [0.29, 0.717) is 51.1 Å². The Kier molecular flexibility index (Phi) is 15.8. The Morgan fingerprint density at radius 1 is 0.760 bits per heavy atom. The van der Waals surface area contributed by atoms with E-state index in [1.165, 1.54) is 16.9 Å². The first-order chi connectivity index (χ1) is 24.3. The summed E-state index contributed by atoms with van der Waals surface area (Å²) in [5, 5.41) is 5.25. The first-order valence-electron chi connectivity index (χ1n) is 17.3. The third kappa shape index (κ3) is 11.4. The number of carbonyl (C=O) groups is 4. The molecule has 12 nitrogen and oxygen atoms in total. The molecule has 0 atom stereocenters. The number of methoxy groups -OCH3 is 1. The van der Waals surface area contributed by atoms with Gasteiger partial charge in [-0.3, -0.25) is 19.2 Å². The highest BCUT2D eigenvalue weighted by molar-refractivity contribution is 7.80. The second-order valence-corrected chi connectivity index (χ2v) is 12.8. The zero-order valence-electron chi connectivity index (χ0n) is 29.0. The fourth-order valence-electron chi connectivity index (χ4n) is 5.89. The molecule has 0 radical (unpaired) electrons. The molecule has 3 amide bonds. The maximum atomic E-state index is 14.2. The number of H-pyrrole nitrogens is 2. The van der Waals surface area contributed by atoms with E-state index < -0.39 is 0 Å². The highest BCUT2D eigenvalue weighted by atomic mass is 32.1. The van der Waals surface area contributed by atoms with E-state index in [2.05, 4.69) is 27.9 Å². The minimum Gasteiger partial charge on any atom is -0.383 e. The number of aromatic nitrogens is 2. The number of ether oxygens (including phenoxy) is 1. The number of nitrogens with one attached hydrogen (secondary N) is 3. The van der Waals surface area contributed by atoms with E-state index in [1.807, 2.05) is 60.9 Å². The van der Waals surface area contributed by atoms with Gasteiger partial charge in [0.25, 0.3) is 0 Å². The second kappa shape index (κ2) is 20.5. The number of hydrogen-bond donors (Lipinski definition) is 5. The van der Waals surface area contributed by atoms with Crippen molar-refractivity contribution in [2.45, 2.75) is 32.1 Å². The van der Waals surface area contributed by atoms with Crippen LogP contribution in [0.5, 0.6) is 0 Å². The third-order valence-corrected chi connectivity index (χ3v) is 9.06. The Morgan fingerprint density at radius 2 is 1.30 bits per heavy atom. The van der Waals surface area contributed by atoms with Gasteiger partial charge in [-0.2, -0.15) is 12.6 Å². The van der Waals surface area contributed by atoms with Gasteiger partial charge in [0.15, 0.2) is 5.78 Å². The van der Waals surface area contributed by atoms with Gasteiger partial charge in [0.2, 0.25) is 17.7 Å². The van der Waals surface area contributed by atoms with Crippen molar-refractivity contribution in [3.8, 4) is 0 Å². The highest BCUT2D eigenvalue weighted by Gasteiger charge is 2.26. The molecule has 0 fully saturated rings. The van der Waals surface area contributed by atoms with Crippen LogP contribution in [0.3, 0.4) is 0 Å². The fraction of sp³-hybridized carbons (Fsp3) is 0.459. The Balaban J connectivity index is 1.54. The largest absolute Gasteiger partial charge is 0.383 e. The number of amides is 3. The van der Waals surface area contributed by atoms with Crippen molar-refractivity contribution in [2.24, 2.45) is 5.73 Å². The summed E-state index contributed by atoms with van der Waals surface area (Å²) in [6.07, 6.45) is 6.55. The minimum atomic E-state index is -0.353. The van der Waals surface area contributed by atoms with Crippen LogP contribution in [0.15, 0.2) is 60.9 Å². The van der Waals surface area contributed by atoms with Crippen LogP contribution in [0.4, 0.5) is 0 Å². The smallest absolute Gasteiger partial charge is 0.242 e. The van der Waals surface area contributed by atoms with Gasteiger partial charge in [-0.15, -0.1) is 0 Å². The van der Waals surface area contributed by atoms with Crippen LogP contribution in [0.25, 0.3) is 21.8 Å². The SMILES string of the molecule is COCCN(CC(=O)CCCS)C(=O)CN(CCc1c[nH]c2ccccc12)C(=O)CN(CCc1c[nH]c2ccccc12)C(=O)CNCCCN. The standard InChI is InChI=1S/C37H51N7O5S/c1-49-20-19-44(25-30(45)8-6-21-50)37(48)27-43(18-14-29-23-41-34-12-5-3-10-32(29)34)36(47)26-42(35(46)24-39-16-7-15-38)17-13-28-22-40-33-11-4-2-9-31(28)33/h2-5,9-12,22-23,39-41,50H,6-8,13-21,24-27,38H2,1H3. The number of Topliss-reactive ketones (excluding diaryl/α,β-unsaturated/α-hetero) is 1. The fourth-order valence-corrected chi connectivity index (χ4v) is 6.05. The monoisotopic (exact) mass is 705 g/mol. The summed E-state index contributed by atoms with van der Waals surface area (Å²) in [7, 11) is 1.54. The first-order valence-corrected chi connectivity index (χ1v) is 17.9. The lowest BCUT2D eigenvalue weighted by molar-refractivity contribution is -0.145. The molecule has 270 valence electrons. The lowest BCUT2D eigenvalue weighted by Crippen LogP contribution is -2.50. The van der Waals surface area contributed by atoms with Crippen LogP contribution < -0.4 is 11.1 Å². The lowest BCUT2D eigenvalue weighted by atomic mass is 10.1. The molecule has 50 heavy (non-hydrogen) atoms. The quantitative estimate of drug-likeness (QED) is 0.0587. The molecular formula is C37H51N7O5S. The molecule has 0 aliphatic heterocycles. The van der Waals surface area contributed by atoms with Crippen LogP contribution in [-0.2, 0) is 36.8 Å². The van der Waals surface area contributed by atoms with Gasteiger partial charge in [-0.1, -0.05) is 36.4 Å². The molecule has 0 unspecified atom stereocenters. The maximum Gasteiger partial charge on any atom is 0.242 e. The summed E-state index contributed by atoms with van der Waals surface area (Å²) in [6.45, 7) is 1.69. The Morgan fingerprint density at radius 3 is 1.84 bits per heavy atom. The van der Waals surface area contributed by atoms with Crippen molar-refractivity contribution < 1.29 is 23.9 Å². The Labute approximate surface area is 299 Å². The number of carbonyl (C=O) groups excluding carboxylic acids is 4. The molecule has 2 heterocycles. The zero-order valence-corrected chi connectivity index (χ0v) is 29.9. The molecule has 5 N–H and O–H groups in total. The van der Waals surface area contributed by atoms with Crippen molar-refractivity contribution in [3.05, 3.63) is 72.1 Å². The van der Waals surface area contributed by atoms with E-state index in [0.717, 1.165) is 39.4 Å². The minimum absolute atomic E-state index is 0.0641. The third-order valence-electron chi connectivity index (χ3n) is 8.74. The summed E-state index contributed by atoms with van der Waals surface area (Å²) in [5.41, 5.74) is 9.68. The van der Waals surface area contributed by atoms with Gasteiger partial charge in [-0.25, -0.2) is 0 Å². The predicted octanol–water partition coefficient (Wildman–Crippen LogP) is 2.78. The van der Waals surface area contributed by atoms with E-state index in [9.17, 15) is 19.2 Å². The normalized spacial score (nSPS) is 11.3. The van der Waals surface area contributed by atoms with Crippen LogP contribution in [0.1, 0.15) is 30.4 Å². The number of hydrogen-bond acceptors (Lipinski definition) is 8. The van der Waals surface area contributed by atoms with E-state index in [-0.39, 0.29) is 69.4 Å². The summed E-state index contributed by atoms with van der Waals surface area (Å²) >= 11 is 4.20. The number of ketones is 1. The summed E-state index contributed by atoms with van der Waals surface area (Å²) in [4.78, 5) is 65.3. The predicted molar refractivity (Wildman–Crippen MR) is 200 cm³/mol. The molecule has 13 heteroatoms. The molecule has 4 rings (SSSR count). The summed E-state index contributed by atoms with van der Waals surface area (Å²) in [5.74, 6) is -0.411. The molecule has 0 spiro atoms. The molecule has 2 aromatic heterocycles. The number of thiol groups is 1. The molecule has 4 aromatic rings. The zero-order chi connectivity index (χ0) is 35.7. The first kappa shape index (κ1) is 38.6. The van der Waals surface area contributed by atoms with Gasteiger partial charge in [0.05, 0.1) is 32.8 Å². The molecule has 2 aromatic carbocycles. The Bertz CT molecular complexity index is 1690. The molecular weight excluding hydrogens is 655 g/mol. The van der Waals surface area contributed by atoms with Crippen LogP contribution in [0.2, 0.25) is 0 Å². The number of aromatic amines is 2. The molecule has 0 saturated carbocycles. The van der Waals surface area contributed by atoms with Crippen LogP contribution >= 0.6 is 12.6 Å². The highest BCUT2D eigenvalue weighted by Crippen LogP contribution is 2.20. The van der Waals surface area contributed by atoms with Gasteiger partial charge in [-0.05, 0) is 67.8 Å². The van der Waals surface area contributed by atoms with E-state index in [1.54, 1.807) is 4.90 Å². The number of rotatable bonds is 23. The number of fused-ring (bicyclic) bond motifs is 2. The van der Waals surface area contributed by atoms with Crippen LogP contribution in [0, 0.1) is 0 Å². The summed E-state index contributed by atoms with van der Waals surface area (Å²) in [6, 6.07) is 15.9. The number of nitrogens with two attached hydrogens (primary N) is 1. The second-order valence-electron chi connectivity index (χ2n) is 12.3. The molecule has 0 aliphatic carbocycles. The lowest BCUT2D eigenvalue weighted by Gasteiger charge is -2.30. The Hall–Kier alpha value is -4.17. The maximum absolute atomic E-state index is 14.2. The number of nitrogens with zero attached hydrogens (tertiary/aromatic N) is 3. The van der Waals surface area contributed by atoms with Crippen molar-refractivity contribution >= 4 is 57.9 Å². The van der Waals surface area contributed by atoms with Gasteiger partial charge in [0.1, 0.15) is 0 Å². The van der Waals surface area contributed by atoms with Gasteiger partial charge in [0, 0.05) is 67.4 Å². The van der Waals surface area contributed by atoms with E-state index >= 15 is 0 Å². The average molecular weight is 706 g/mol. The topological polar surface area (TPSA) is 157 Å². The number of benzene rings is 2.